The molecule has 0 aromatic heterocycles. The van der Waals surface area contributed by atoms with Crippen LogP contribution in [-0.4, -0.2) is 23.6 Å². The summed E-state index contributed by atoms with van der Waals surface area (Å²) in [5.41, 5.74) is 0.573. The highest BCUT2D eigenvalue weighted by molar-refractivity contribution is 6.17. The minimum Gasteiger partial charge on any atom is -0.481 e. The number of rotatable bonds is 8. The summed E-state index contributed by atoms with van der Waals surface area (Å²) in [5, 5.41) is 9.16. The molecule has 3 nitrogen and oxygen atoms in total. The number of halogens is 3. The molecule has 0 saturated carbocycles. The van der Waals surface area contributed by atoms with Crippen molar-refractivity contribution < 1.29 is 23.4 Å². The van der Waals surface area contributed by atoms with Crippen LogP contribution in [0.2, 0.25) is 0 Å². The topological polar surface area (TPSA) is 46.5 Å². The molecule has 0 aliphatic heterocycles. The maximum absolute atomic E-state index is 12.0. The van der Waals surface area contributed by atoms with E-state index in [9.17, 15) is 13.6 Å². The van der Waals surface area contributed by atoms with Gasteiger partial charge in [0.15, 0.2) is 0 Å². The van der Waals surface area contributed by atoms with Crippen LogP contribution < -0.4 is 4.74 Å². The first-order valence-electron chi connectivity index (χ1n) is 5.88. The minimum absolute atomic E-state index is 0.0173. The van der Waals surface area contributed by atoms with E-state index in [1.54, 1.807) is 0 Å². The lowest BCUT2D eigenvalue weighted by Gasteiger charge is -2.13. The molecule has 1 N–H and O–H groups in total. The van der Waals surface area contributed by atoms with Gasteiger partial charge in [0.1, 0.15) is 5.75 Å². The molecule has 0 radical (unpaired) electrons. The van der Waals surface area contributed by atoms with Crippen molar-refractivity contribution in [1.29, 1.82) is 0 Å². The summed E-state index contributed by atoms with van der Waals surface area (Å²) < 4.78 is 28.2. The number of unbranched alkanes of at least 4 members (excludes halogenated alkanes) is 1. The molecule has 0 amide bonds. The molecule has 0 spiro atoms. The molecule has 0 aliphatic carbocycles. The van der Waals surface area contributed by atoms with E-state index in [-0.39, 0.29) is 5.75 Å². The van der Waals surface area contributed by atoms with Gasteiger partial charge in [-0.1, -0.05) is 18.6 Å². The van der Waals surface area contributed by atoms with Gasteiger partial charge in [-0.05, 0) is 30.5 Å². The molecule has 0 bridgehead atoms. The molecule has 19 heavy (non-hydrogen) atoms. The second-order valence-electron chi connectivity index (χ2n) is 4.02. The Bertz CT molecular complexity index is 395. The van der Waals surface area contributed by atoms with Gasteiger partial charge in [0.2, 0.25) is 0 Å². The molecule has 1 aromatic carbocycles. The van der Waals surface area contributed by atoms with Gasteiger partial charge in [0, 0.05) is 5.88 Å². The Morgan fingerprint density at radius 2 is 1.89 bits per heavy atom. The van der Waals surface area contributed by atoms with Gasteiger partial charge < -0.3 is 9.84 Å². The van der Waals surface area contributed by atoms with E-state index in [1.165, 1.54) is 24.3 Å². The number of alkyl halides is 3. The van der Waals surface area contributed by atoms with Crippen LogP contribution in [-0.2, 0) is 4.79 Å². The number of hydrogen-bond acceptors (Lipinski definition) is 2. The molecule has 1 rings (SSSR count). The van der Waals surface area contributed by atoms with E-state index in [0.29, 0.717) is 24.3 Å². The molecular formula is C13H15ClF2O3. The summed E-state index contributed by atoms with van der Waals surface area (Å²) in [6, 6.07) is 5.69. The molecule has 1 unspecified atom stereocenters. The van der Waals surface area contributed by atoms with Crippen LogP contribution >= 0.6 is 11.6 Å². The molecule has 106 valence electrons. The molecule has 0 aliphatic rings. The maximum atomic E-state index is 12.0. The zero-order valence-corrected chi connectivity index (χ0v) is 10.9. The maximum Gasteiger partial charge on any atom is 0.387 e. The third-order valence-corrected chi connectivity index (χ3v) is 2.95. The Kier molecular flexibility index (Phi) is 6.56. The first kappa shape index (κ1) is 15.7. The van der Waals surface area contributed by atoms with Crippen LogP contribution in [0.1, 0.15) is 30.7 Å². The number of carbonyl (C=O) groups is 1. The van der Waals surface area contributed by atoms with Crippen LogP contribution in [0.3, 0.4) is 0 Å². The highest BCUT2D eigenvalue weighted by Gasteiger charge is 2.19. The summed E-state index contributed by atoms with van der Waals surface area (Å²) in [7, 11) is 0. The number of carboxylic acid groups (broad SMARTS) is 1. The average Bonchev–Trinajstić information content (AvgIpc) is 2.35. The first-order chi connectivity index (χ1) is 9.04. The van der Waals surface area contributed by atoms with Gasteiger partial charge in [0.25, 0.3) is 0 Å². The van der Waals surface area contributed by atoms with Crippen LogP contribution in [0.25, 0.3) is 0 Å². The van der Waals surface area contributed by atoms with Gasteiger partial charge in [-0.15, -0.1) is 11.6 Å². The molecule has 1 aromatic rings. The van der Waals surface area contributed by atoms with Gasteiger partial charge in [-0.3, -0.25) is 4.79 Å². The predicted octanol–water partition coefficient (Wildman–Crippen LogP) is 3.87. The second kappa shape index (κ2) is 7.94. The van der Waals surface area contributed by atoms with Crippen LogP contribution in [0, 0.1) is 0 Å². The quantitative estimate of drug-likeness (QED) is 0.584. The zero-order chi connectivity index (χ0) is 14.3. The van der Waals surface area contributed by atoms with Crippen LogP contribution in [0.5, 0.6) is 5.75 Å². The number of benzene rings is 1. The van der Waals surface area contributed by atoms with E-state index in [4.69, 9.17) is 16.7 Å². The van der Waals surface area contributed by atoms with E-state index < -0.39 is 18.5 Å². The fourth-order valence-electron chi connectivity index (χ4n) is 1.76. The lowest BCUT2D eigenvalue weighted by atomic mass is 9.94. The molecule has 0 fully saturated rings. The predicted molar refractivity (Wildman–Crippen MR) is 68.0 cm³/mol. The summed E-state index contributed by atoms with van der Waals surface area (Å²) >= 11 is 5.54. The minimum atomic E-state index is -2.88. The van der Waals surface area contributed by atoms with Crippen molar-refractivity contribution in [2.24, 2.45) is 0 Å². The molecule has 6 heteroatoms. The summed E-state index contributed by atoms with van der Waals surface area (Å²) in [6.07, 6.45) is 1.92. The first-order valence-corrected chi connectivity index (χ1v) is 6.41. The van der Waals surface area contributed by atoms with Crippen LogP contribution in [0.15, 0.2) is 24.3 Å². The number of hydrogen-bond donors (Lipinski definition) is 1. The largest absolute Gasteiger partial charge is 0.481 e. The van der Waals surface area contributed by atoms with Gasteiger partial charge in [0.05, 0.1) is 5.92 Å². The van der Waals surface area contributed by atoms with E-state index in [2.05, 4.69) is 4.74 Å². The Hall–Kier alpha value is -1.36. The smallest absolute Gasteiger partial charge is 0.387 e. The van der Waals surface area contributed by atoms with Crippen molar-refractivity contribution >= 4 is 17.6 Å². The van der Waals surface area contributed by atoms with E-state index in [0.717, 1.165) is 6.42 Å². The number of ether oxygens (including phenoxy) is 1. The average molecular weight is 293 g/mol. The third kappa shape index (κ3) is 5.42. The van der Waals surface area contributed by atoms with Crippen molar-refractivity contribution in [3.63, 3.8) is 0 Å². The highest BCUT2D eigenvalue weighted by Crippen LogP contribution is 2.25. The van der Waals surface area contributed by atoms with Crippen molar-refractivity contribution in [1.82, 2.24) is 0 Å². The fourth-order valence-corrected chi connectivity index (χ4v) is 1.95. The van der Waals surface area contributed by atoms with Gasteiger partial charge >= 0.3 is 12.6 Å². The third-order valence-electron chi connectivity index (χ3n) is 2.68. The highest BCUT2D eigenvalue weighted by atomic mass is 35.5. The van der Waals surface area contributed by atoms with Crippen LogP contribution in [0.4, 0.5) is 8.78 Å². The fraction of sp³-hybridized carbons (Fsp3) is 0.462. The monoisotopic (exact) mass is 292 g/mol. The molecule has 0 saturated heterocycles. The molecule has 0 heterocycles. The summed E-state index contributed by atoms with van der Waals surface area (Å²) in [5.74, 6) is -1.07. The Morgan fingerprint density at radius 1 is 1.26 bits per heavy atom. The number of carboxylic acids is 1. The van der Waals surface area contributed by atoms with Gasteiger partial charge in [-0.25, -0.2) is 0 Å². The van der Waals surface area contributed by atoms with Crippen molar-refractivity contribution in [3.8, 4) is 5.75 Å². The molecular weight excluding hydrogens is 278 g/mol. The lowest BCUT2D eigenvalue weighted by molar-refractivity contribution is -0.139. The summed E-state index contributed by atoms with van der Waals surface area (Å²) in [6.45, 7) is -2.88. The Morgan fingerprint density at radius 3 is 2.37 bits per heavy atom. The Labute approximate surface area is 115 Å². The standard InChI is InChI=1S/C13H15ClF2O3/c14-8-2-1-3-11(12(17)18)9-4-6-10(7-5-9)19-13(15)16/h4-7,11,13H,1-3,8H2,(H,17,18). The van der Waals surface area contributed by atoms with Crippen molar-refractivity contribution in [3.05, 3.63) is 29.8 Å². The summed E-state index contributed by atoms with van der Waals surface area (Å²) in [4.78, 5) is 11.2. The number of aliphatic carboxylic acids is 1. The van der Waals surface area contributed by atoms with E-state index in [1.807, 2.05) is 0 Å². The van der Waals surface area contributed by atoms with Gasteiger partial charge in [-0.2, -0.15) is 8.78 Å². The van der Waals surface area contributed by atoms with E-state index >= 15 is 0 Å². The Balaban J connectivity index is 2.71. The lowest BCUT2D eigenvalue weighted by Crippen LogP contribution is -2.12. The van der Waals surface area contributed by atoms with Crippen molar-refractivity contribution in [2.75, 3.05) is 5.88 Å². The SMILES string of the molecule is O=C(O)C(CCCCCl)c1ccc(OC(F)F)cc1. The normalized spacial score (nSPS) is 12.4. The second-order valence-corrected chi connectivity index (χ2v) is 4.40. The molecule has 1 atom stereocenters. The van der Waals surface area contributed by atoms with Crippen molar-refractivity contribution in [2.45, 2.75) is 31.8 Å². The zero-order valence-electron chi connectivity index (χ0n) is 10.2.